The van der Waals surface area contributed by atoms with Crippen molar-refractivity contribution in [2.24, 2.45) is 0 Å². The highest BCUT2D eigenvalue weighted by Gasteiger charge is 2.18. The molecule has 138 valence electrons. The van der Waals surface area contributed by atoms with Gasteiger partial charge in [-0.15, -0.1) is 0 Å². The van der Waals surface area contributed by atoms with Crippen molar-refractivity contribution in [1.29, 1.82) is 0 Å². The molecular formula is C19H12F2O6. The Morgan fingerprint density at radius 3 is 2.59 bits per heavy atom. The minimum absolute atomic E-state index is 0.00131. The number of rotatable bonds is 4. The predicted molar refractivity (Wildman–Crippen MR) is 89.3 cm³/mol. The van der Waals surface area contributed by atoms with Gasteiger partial charge < -0.3 is 13.9 Å². The topological polar surface area (TPSA) is 82.8 Å². The van der Waals surface area contributed by atoms with Crippen LogP contribution in [-0.2, 0) is 16.1 Å². The third kappa shape index (κ3) is 4.17. The largest absolute Gasteiger partial charge is 0.461 e. The summed E-state index contributed by atoms with van der Waals surface area (Å²) in [7, 11) is 0. The third-order valence-corrected chi connectivity index (χ3v) is 3.55. The molecule has 2 aromatic carbocycles. The van der Waals surface area contributed by atoms with Gasteiger partial charge in [0.05, 0.1) is 0 Å². The molecule has 0 saturated heterocycles. The van der Waals surface area contributed by atoms with Crippen molar-refractivity contribution in [3.63, 3.8) is 0 Å². The van der Waals surface area contributed by atoms with Crippen molar-refractivity contribution in [3.05, 3.63) is 75.6 Å². The molecule has 0 unspecified atom stereocenters. The Bertz CT molecular complexity index is 1100. The fourth-order valence-electron chi connectivity index (χ4n) is 2.30. The third-order valence-electron chi connectivity index (χ3n) is 3.55. The molecule has 0 aliphatic rings. The van der Waals surface area contributed by atoms with Gasteiger partial charge >= 0.3 is 17.6 Å². The summed E-state index contributed by atoms with van der Waals surface area (Å²) in [6, 6.07) is 8.18. The van der Waals surface area contributed by atoms with Crippen molar-refractivity contribution in [3.8, 4) is 5.75 Å². The summed E-state index contributed by atoms with van der Waals surface area (Å²) in [6.07, 6.45) is 0. The Balaban J connectivity index is 1.94. The zero-order valence-corrected chi connectivity index (χ0v) is 14.0. The van der Waals surface area contributed by atoms with Crippen molar-refractivity contribution in [2.75, 3.05) is 0 Å². The highest BCUT2D eigenvalue weighted by atomic mass is 19.1. The molecule has 0 spiro atoms. The van der Waals surface area contributed by atoms with E-state index >= 15 is 0 Å². The Morgan fingerprint density at radius 1 is 1.07 bits per heavy atom. The van der Waals surface area contributed by atoms with Gasteiger partial charge in [-0.25, -0.2) is 18.4 Å². The molecule has 0 aliphatic heterocycles. The Hall–Kier alpha value is -3.55. The van der Waals surface area contributed by atoms with Crippen molar-refractivity contribution in [1.82, 2.24) is 0 Å². The molecule has 1 heterocycles. The van der Waals surface area contributed by atoms with Crippen LogP contribution in [0.2, 0.25) is 0 Å². The lowest BCUT2D eigenvalue weighted by molar-refractivity contribution is -0.142. The number of halogens is 2. The summed E-state index contributed by atoms with van der Waals surface area (Å²) in [4.78, 5) is 35.1. The molecule has 0 fully saturated rings. The van der Waals surface area contributed by atoms with Gasteiger partial charge in [0.15, 0.2) is 11.6 Å². The SMILES string of the molecule is CC(=O)OCc1ccc2oc(=O)c(C(=O)Oc3cc(F)ccc3F)cc2c1. The quantitative estimate of drug-likeness (QED) is 0.396. The number of fused-ring (bicyclic) bond motifs is 1. The van der Waals surface area contributed by atoms with E-state index in [2.05, 4.69) is 0 Å². The van der Waals surface area contributed by atoms with Crippen LogP contribution in [0.25, 0.3) is 11.0 Å². The van der Waals surface area contributed by atoms with E-state index in [9.17, 15) is 23.2 Å². The summed E-state index contributed by atoms with van der Waals surface area (Å²) >= 11 is 0. The number of benzene rings is 2. The Kier molecular flexibility index (Phi) is 4.98. The number of carbonyl (C=O) groups excluding carboxylic acids is 2. The van der Waals surface area contributed by atoms with Gasteiger partial charge in [-0.1, -0.05) is 6.07 Å². The summed E-state index contributed by atoms with van der Waals surface area (Å²) in [6.45, 7) is 1.26. The average molecular weight is 374 g/mol. The van der Waals surface area contributed by atoms with Gasteiger partial charge in [0.25, 0.3) is 0 Å². The second-order valence-electron chi connectivity index (χ2n) is 5.56. The van der Waals surface area contributed by atoms with Gasteiger partial charge in [0.2, 0.25) is 0 Å². The fraction of sp³-hybridized carbons (Fsp3) is 0.105. The summed E-state index contributed by atoms with van der Waals surface area (Å²) < 4.78 is 41.5. The molecule has 0 aliphatic carbocycles. The molecule has 3 rings (SSSR count). The second kappa shape index (κ2) is 7.36. The van der Waals surface area contributed by atoms with Gasteiger partial charge in [-0.3, -0.25) is 4.79 Å². The first kappa shape index (κ1) is 18.2. The van der Waals surface area contributed by atoms with E-state index in [1.807, 2.05) is 0 Å². The van der Waals surface area contributed by atoms with E-state index in [1.165, 1.54) is 19.1 Å². The van der Waals surface area contributed by atoms with Crippen LogP contribution in [0.5, 0.6) is 5.75 Å². The number of ether oxygens (including phenoxy) is 2. The first-order chi connectivity index (χ1) is 12.8. The van der Waals surface area contributed by atoms with Crippen molar-refractivity contribution >= 4 is 22.9 Å². The molecule has 0 amide bonds. The maximum Gasteiger partial charge on any atom is 0.351 e. The molecule has 0 saturated carbocycles. The zero-order chi connectivity index (χ0) is 19.6. The van der Waals surface area contributed by atoms with Gasteiger partial charge in [-0.2, -0.15) is 0 Å². The van der Waals surface area contributed by atoms with E-state index in [0.717, 1.165) is 12.1 Å². The smallest absolute Gasteiger partial charge is 0.351 e. The van der Waals surface area contributed by atoms with Crippen molar-refractivity contribution < 1.29 is 32.3 Å². The normalized spacial score (nSPS) is 10.6. The molecule has 0 radical (unpaired) electrons. The molecule has 0 N–H and O–H groups in total. The minimum Gasteiger partial charge on any atom is -0.461 e. The van der Waals surface area contributed by atoms with Gasteiger partial charge in [-0.05, 0) is 35.9 Å². The lowest BCUT2D eigenvalue weighted by Gasteiger charge is -2.07. The maximum absolute atomic E-state index is 13.6. The molecule has 6 nitrogen and oxygen atoms in total. The Labute approximate surface area is 150 Å². The number of hydrogen-bond donors (Lipinski definition) is 0. The van der Waals surface area contributed by atoms with Crippen LogP contribution in [-0.4, -0.2) is 11.9 Å². The fourth-order valence-corrected chi connectivity index (χ4v) is 2.30. The summed E-state index contributed by atoms with van der Waals surface area (Å²) in [5, 5.41) is 0.367. The highest BCUT2D eigenvalue weighted by Crippen LogP contribution is 2.21. The van der Waals surface area contributed by atoms with E-state index in [4.69, 9.17) is 13.9 Å². The van der Waals surface area contributed by atoms with Crippen LogP contribution in [0.1, 0.15) is 22.8 Å². The second-order valence-corrected chi connectivity index (χ2v) is 5.56. The first-order valence-corrected chi connectivity index (χ1v) is 7.71. The standard InChI is InChI=1S/C19H12F2O6/c1-10(22)25-9-11-2-5-16-12(6-11)7-14(18(23)26-16)19(24)27-17-8-13(20)3-4-15(17)21/h2-8H,9H2,1H3. The molecule has 1 aromatic heterocycles. The van der Waals surface area contributed by atoms with E-state index in [0.29, 0.717) is 17.0 Å². The maximum atomic E-state index is 13.6. The van der Waals surface area contributed by atoms with E-state index in [1.54, 1.807) is 12.1 Å². The van der Waals surface area contributed by atoms with Crippen LogP contribution in [0.3, 0.4) is 0 Å². The van der Waals surface area contributed by atoms with Crippen LogP contribution < -0.4 is 10.4 Å². The van der Waals surface area contributed by atoms with Crippen molar-refractivity contribution in [2.45, 2.75) is 13.5 Å². The molecule has 3 aromatic rings. The lowest BCUT2D eigenvalue weighted by atomic mass is 10.1. The molecule has 27 heavy (non-hydrogen) atoms. The van der Waals surface area contributed by atoms with Gasteiger partial charge in [0, 0.05) is 18.4 Å². The van der Waals surface area contributed by atoms with E-state index in [-0.39, 0.29) is 12.2 Å². The lowest BCUT2D eigenvalue weighted by Crippen LogP contribution is -2.19. The molecular weight excluding hydrogens is 362 g/mol. The summed E-state index contributed by atoms with van der Waals surface area (Å²) in [5.41, 5.74) is -0.685. The van der Waals surface area contributed by atoms with Gasteiger partial charge in [0.1, 0.15) is 23.6 Å². The minimum atomic E-state index is -1.19. The highest BCUT2D eigenvalue weighted by molar-refractivity contribution is 5.94. The summed E-state index contributed by atoms with van der Waals surface area (Å²) in [5.74, 6) is -4.07. The van der Waals surface area contributed by atoms with Crippen LogP contribution in [0, 0.1) is 11.6 Å². The zero-order valence-electron chi connectivity index (χ0n) is 14.0. The molecule has 0 bridgehead atoms. The molecule has 8 heteroatoms. The Morgan fingerprint density at radius 2 is 1.85 bits per heavy atom. The van der Waals surface area contributed by atoms with E-state index < -0.39 is 40.5 Å². The number of hydrogen-bond acceptors (Lipinski definition) is 6. The van der Waals surface area contributed by atoms with Crippen LogP contribution >= 0.6 is 0 Å². The molecule has 0 atom stereocenters. The predicted octanol–water partition coefficient (Wildman–Crippen LogP) is 3.35. The van der Waals surface area contributed by atoms with Crippen LogP contribution in [0.15, 0.2) is 51.7 Å². The number of esters is 2. The number of carbonyl (C=O) groups is 2. The first-order valence-electron chi connectivity index (χ1n) is 7.71. The van der Waals surface area contributed by atoms with Crippen LogP contribution in [0.4, 0.5) is 8.78 Å². The average Bonchev–Trinajstić information content (AvgIpc) is 2.62. The monoisotopic (exact) mass is 374 g/mol.